The molecule has 1 aliphatic heterocycles. The summed E-state index contributed by atoms with van der Waals surface area (Å²) in [6.45, 7) is 7.57. The summed E-state index contributed by atoms with van der Waals surface area (Å²) in [5, 5.41) is 12.8. The topological polar surface area (TPSA) is 121 Å². The van der Waals surface area contributed by atoms with E-state index in [0.717, 1.165) is 30.3 Å². The SMILES string of the molecule is Cc1cn(-c2nc(Nc3cc(C)c(CS(=O)(=O)O)c(C)c3)ncc2F)cc1CN1CCC(O)C1. The summed E-state index contributed by atoms with van der Waals surface area (Å²) in [5.41, 5.74) is 4.52. The fourth-order valence-electron chi connectivity index (χ4n) is 4.29. The number of nitrogens with zero attached hydrogens (tertiary/aromatic N) is 4. The number of β-amino-alcohol motifs (C(OH)–C–C–N with tert-alkyl or cyclic N) is 1. The van der Waals surface area contributed by atoms with Gasteiger partial charge >= 0.3 is 0 Å². The zero-order chi connectivity index (χ0) is 24.6. The molecular weight excluding hydrogens is 461 g/mol. The van der Waals surface area contributed by atoms with E-state index in [4.69, 9.17) is 0 Å². The lowest BCUT2D eigenvalue weighted by Crippen LogP contribution is -2.21. The van der Waals surface area contributed by atoms with Gasteiger partial charge in [-0.2, -0.15) is 13.4 Å². The second-order valence-electron chi connectivity index (χ2n) is 8.86. The highest BCUT2D eigenvalue weighted by atomic mass is 32.2. The molecule has 182 valence electrons. The zero-order valence-corrected chi connectivity index (χ0v) is 20.1. The van der Waals surface area contributed by atoms with Gasteiger partial charge in [0.2, 0.25) is 5.95 Å². The monoisotopic (exact) mass is 489 g/mol. The molecule has 0 bridgehead atoms. The summed E-state index contributed by atoms with van der Waals surface area (Å²) in [4.78, 5) is 10.6. The Bertz CT molecular complexity index is 1300. The van der Waals surface area contributed by atoms with Gasteiger partial charge in [0.15, 0.2) is 11.6 Å². The first-order valence-corrected chi connectivity index (χ1v) is 12.5. The molecule has 9 nitrogen and oxygen atoms in total. The van der Waals surface area contributed by atoms with Crippen LogP contribution in [0.4, 0.5) is 16.0 Å². The molecule has 1 atom stereocenters. The van der Waals surface area contributed by atoms with E-state index in [-0.39, 0.29) is 17.9 Å². The van der Waals surface area contributed by atoms with E-state index in [9.17, 15) is 22.5 Å². The van der Waals surface area contributed by atoms with Crippen LogP contribution in [0.5, 0.6) is 0 Å². The van der Waals surface area contributed by atoms with Crippen molar-refractivity contribution in [1.82, 2.24) is 19.4 Å². The summed E-state index contributed by atoms with van der Waals surface area (Å²) in [6, 6.07) is 3.45. The van der Waals surface area contributed by atoms with E-state index in [1.165, 1.54) is 0 Å². The van der Waals surface area contributed by atoms with E-state index in [1.54, 1.807) is 30.5 Å². The number of aryl methyl sites for hydroxylation is 3. The summed E-state index contributed by atoms with van der Waals surface area (Å²) < 4.78 is 48.0. The fourth-order valence-corrected chi connectivity index (χ4v) is 5.11. The number of hydrogen-bond donors (Lipinski definition) is 3. The lowest BCUT2D eigenvalue weighted by molar-refractivity contribution is 0.174. The number of halogens is 1. The third kappa shape index (κ3) is 5.61. The van der Waals surface area contributed by atoms with Crippen molar-refractivity contribution < 1.29 is 22.5 Å². The van der Waals surface area contributed by atoms with E-state index in [2.05, 4.69) is 20.2 Å². The number of aliphatic hydroxyl groups excluding tert-OH is 1. The largest absolute Gasteiger partial charge is 0.392 e. The molecule has 0 saturated carbocycles. The number of aromatic nitrogens is 3. The van der Waals surface area contributed by atoms with Crippen molar-refractivity contribution >= 4 is 21.8 Å². The van der Waals surface area contributed by atoms with Gasteiger partial charge < -0.3 is 15.0 Å². The highest BCUT2D eigenvalue weighted by molar-refractivity contribution is 7.85. The Labute approximate surface area is 198 Å². The summed E-state index contributed by atoms with van der Waals surface area (Å²) >= 11 is 0. The average molecular weight is 490 g/mol. The van der Waals surface area contributed by atoms with Gasteiger partial charge in [0, 0.05) is 37.7 Å². The smallest absolute Gasteiger partial charge is 0.269 e. The summed E-state index contributed by atoms with van der Waals surface area (Å²) in [5.74, 6) is -0.744. The van der Waals surface area contributed by atoms with Crippen molar-refractivity contribution in [2.24, 2.45) is 0 Å². The zero-order valence-electron chi connectivity index (χ0n) is 19.3. The quantitative estimate of drug-likeness (QED) is 0.433. The van der Waals surface area contributed by atoms with Crippen LogP contribution in [0.25, 0.3) is 5.82 Å². The molecular formula is C23H28FN5O4S. The first kappa shape index (κ1) is 24.3. The number of anilines is 2. The number of hydrogen-bond acceptors (Lipinski definition) is 7. The van der Waals surface area contributed by atoms with Gasteiger partial charge in [0.1, 0.15) is 5.75 Å². The molecule has 1 aromatic carbocycles. The van der Waals surface area contributed by atoms with Crippen molar-refractivity contribution in [3.63, 3.8) is 0 Å². The number of rotatable bonds is 7. The lowest BCUT2D eigenvalue weighted by Gasteiger charge is -2.14. The Morgan fingerprint density at radius 1 is 1.18 bits per heavy atom. The van der Waals surface area contributed by atoms with E-state index >= 15 is 0 Å². The van der Waals surface area contributed by atoms with Gasteiger partial charge in [0.25, 0.3) is 10.1 Å². The molecule has 4 rings (SSSR count). The second kappa shape index (κ2) is 9.41. The maximum Gasteiger partial charge on any atom is 0.269 e. The highest BCUT2D eigenvalue weighted by Crippen LogP contribution is 2.25. The van der Waals surface area contributed by atoms with Crippen LogP contribution in [-0.4, -0.2) is 56.7 Å². The molecule has 3 aromatic rings. The van der Waals surface area contributed by atoms with Crippen LogP contribution in [0.2, 0.25) is 0 Å². The molecule has 1 aliphatic rings. The molecule has 2 aromatic heterocycles. The number of likely N-dealkylation sites (tertiary alicyclic amines) is 1. The van der Waals surface area contributed by atoms with Crippen molar-refractivity contribution in [3.05, 3.63) is 64.4 Å². The maximum atomic E-state index is 14.6. The Balaban J connectivity index is 1.57. The lowest BCUT2D eigenvalue weighted by atomic mass is 10.0. The molecule has 34 heavy (non-hydrogen) atoms. The summed E-state index contributed by atoms with van der Waals surface area (Å²) in [7, 11) is -4.15. The predicted octanol–water partition coefficient (Wildman–Crippen LogP) is 3.03. The van der Waals surface area contributed by atoms with Gasteiger partial charge in [-0.3, -0.25) is 9.45 Å². The van der Waals surface area contributed by atoms with E-state index in [0.29, 0.717) is 35.5 Å². The molecule has 1 saturated heterocycles. The van der Waals surface area contributed by atoms with Crippen LogP contribution in [0.3, 0.4) is 0 Å². The van der Waals surface area contributed by atoms with Crippen LogP contribution in [0.15, 0.2) is 30.7 Å². The molecule has 3 heterocycles. The maximum absolute atomic E-state index is 14.6. The fraction of sp³-hybridized carbons (Fsp3) is 0.391. The molecule has 3 N–H and O–H groups in total. The normalized spacial score (nSPS) is 16.8. The highest BCUT2D eigenvalue weighted by Gasteiger charge is 2.21. The first-order chi connectivity index (χ1) is 16.0. The molecule has 1 fully saturated rings. The second-order valence-corrected chi connectivity index (χ2v) is 10.3. The molecule has 11 heteroatoms. The Morgan fingerprint density at radius 3 is 2.50 bits per heavy atom. The van der Waals surface area contributed by atoms with Gasteiger partial charge in [-0.15, -0.1) is 0 Å². The van der Waals surface area contributed by atoms with Crippen LogP contribution >= 0.6 is 0 Å². The minimum atomic E-state index is -4.15. The van der Waals surface area contributed by atoms with E-state index < -0.39 is 21.7 Å². The number of benzene rings is 1. The number of nitrogens with one attached hydrogen (secondary N) is 1. The van der Waals surface area contributed by atoms with Crippen LogP contribution < -0.4 is 5.32 Å². The standard InChI is InChI=1S/C23H28FN5O4S/c1-14-6-18(7-15(2)20(14)13-34(31,32)33)26-23-25-8-21(24)22(27-23)29-9-16(3)17(11-29)10-28-5-4-19(30)12-28/h6-9,11,19,30H,4-5,10,12-13H2,1-3H3,(H,25,26,27)(H,31,32,33). The van der Waals surface area contributed by atoms with Crippen LogP contribution in [0, 0.1) is 26.6 Å². The van der Waals surface area contributed by atoms with Crippen molar-refractivity contribution in [1.29, 1.82) is 0 Å². The Hall–Kier alpha value is -2.86. The van der Waals surface area contributed by atoms with Gasteiger partial charge in [-0.05, 0) is 67.1 Å². The third-order valence-electron chi connectivity index (χ3n) is 6.02. The molecule has 1 unspecified atom stereocenters. The van der Waals surface area contributed by atoms with Gasteiger partial charge in [-0.1, -0.05) is 0 Å². The van der Waals surface area contributed by atoms with Crippen molar-refractivity contribution in [2.45, 2.75) is 45.6 Å². The van der Waals surface area contributed by atoms with Crippen molar-refractivity contribution in [3.8, 4) is 5.82 Å². The molecule has 0 radical (unpaired) electrons. The van der Waals surface area contributed by atoms with Crippen LogP contribution in [0.1, 0.15) is 34.2 Å². The van der Waals surface area contributed by atoms with Gasteiger partial charge in [-0.25, -0.2) is 9.37 Å². The Kier molecular flexibility index (Phi) is 6.72. The minimum absolute atomic E-state index is 0.102. The van der Waals surface area contributed by atoms with Gasteiger partial charge in [0.05, 0.1) is 12.3 Å². The minimum Gasteiger partial charge on any atom is -0.392 e. The molecule has 0 spiro atoms. The third-order valence-corrected chi connectivity index (χ3v) is 6.68. The molecule has 0 amide bonds. The van der Waals surface area contributed by atoms with Crippen molar-refractivity contribution in [2.75, 3.05) is 18.4 Å². The van der Waals surface area contributed by atoms with E-state index in [1.807, 2.05) is 19.3 Å². The number of aliphatic hydroxyl groups is 1. The average Bonchev–Trinajstić information content (AvgIpc) is 3.31. The Morgan fingerprint density at radius 2 is 1.88 bits per heavy atom. The first-order valence-electron chi connectivity index (χ1n) is 10.9. The molecule has 0 aliphatic carbocycles. The van der Waals surface area contributed by atoms with Crippen LogP contribution in [-0.2, 0) is 22.4 Å². The summed E-state index contributed by atoms with van der Waals surface area (Å²) in [6.07, 6.45) is 5.21. The predicted molar refractivity (Wildman–Crippen MR) is 126 cm³/mol.